The van der Waals surface area contributed by atoms with Crippen LogP contribution >= 0.6 is 12.2 Å². The molecule has 0 spiro atoms. The summed E-state index contributed by atoms with van der Waals surface area (Å²) in [7, 11) is 0. The van der Waals surface area contributed by atoms with Gasteiger partial charge in [0.05, 0.1) is 0 Å². The van der Waals surface area contributed by atoms with Crippen molar-refractivity contribution in [1.29, 1.82) is 0 Å². The topological polar surface area (TPSA) is 42.8 Å². The fourth-order valence-corrected chi connectivity index (χ4v) is 2.41. The van der Waals surface area contributed by atoms with Crippen molar-refractivity contribution in [3.05, 3.63) is 40.4 Å². The second kappa shape index (κ2) is 6.89. The molecule has 2 aromatic rings. The first kappa shape index (κ1) is 15.8. The van der Waals surface area contributed by atoms with E-state index in [4.69, 9.17) is 17.0 Å². The lowest BCUT2D eigenvalue weighted by Crippen LogP contribution is -2.20. The molecular formula is C16H23N3OS. The molecule has 4 nitrogen and oxygen atoms in total. The maximum absolute atomic E-state index is 6.25. The third-order valence-electron chi connectivity index (χ3n) is 3.98. The number of nitrogens with zero attached hydrogens (tertiary/aromatic N) is 2. The summed E-state index contributed by atoms with van der Waals surface area (Å²) >= 11 is 5.27. The smallest absolute Gasteiger partial charge is 0.219 e. The lowest BCUT2D eigenvalue weighted by molar-refractivity contribution is 0.0885. The van der Waals surface area contributed by atoms with Crippen LogP contribution in [0.15, 0.2) is 24.5 Å². The van der Waals surface area contributed by atoms with Gasteiger partial charge in [0.2, 0.25) is 4.77 Å². The first-order valence-electron chi connectivity index (χ1n) is 7.37. The molecule has 2 unspecified atom stereocenters. The van der Waals surface area contributed by atoms with Crippen molar-refractivity contribution in [2.75, 3.05) is 0 Å². The molecule has 0 aliphatic carbocycles. The molecule has 0 bridgehead atoms. The highest BCUT2D eigenvalue weighted by atomic mass is 32.1. The van der Waals surface area contributed by atoms with Gasteiger partial charge < -0.3 is 4.74 Å². The van der Waals surface area contributed by atoms with Crippen molar-refractivity contribution >= 4 is 12.2 Å². The van der Waals surface area contributed by atoms with Crippen LogP contribution in [0, 0.1) is 24.5 Å². The first-order chi connectivity index (χ1) is 10.0. The summed E-state index contributed by atoms with van der Waals surface area (Å²) in [5, 5.41) is 3.07. The van der Waals surface area contributed by atoms with Crippen molar-refractivity contribution < 1.29 is 4.74 Å². The van der Waals surface area contributed by atoms with E-state index in [9.17, 15) is 0 Å². The second-order valence-electron chi connectivity index (χ2n) is 5.56. The van der Waals surface area contributed by atoms with E-state index in [-0.39, 0.29) is 6.23 Å². The lowest BCUT2D eigenvalue weighted by Gasteiger charge is -2.23. The van der Waals surface area contributed by atoms with Crippen LogP contribution in [0.25, 0.3) is 0 Å². The van der Waals surface area contributed by atoms with E-state index in [2.05, 4.69) is 43.8 Å². The van der Waals surface area contributed by atoms with Crippen molar-refractivity contribution in [1.82, 2.24) is 14.8 Å². The molecule has 1 heterocycles. The standard InChI is InChI=1S/C16H23N3OS/c1-5-11(2)9-15(19-16(21)17-10-18-19)20-14-8-6-7-12(3)13(14)4/h6-8,10-11,15H,5,9H2,1-4H3,(H,17,18,21). The van der Waals surface area contributed by atoms with Gasteiger partial charge in [-0.15, -0.1) is 0 Å². The third-order valence-corrected chi connectivity index (χ3v) is 4.29. The largest absolute Gasteiger partial charge is 0.468 e. The van der Waals surface area contributed by atoms with E-state index in [1.807, 2.05) is 16.8 Å². The van der Waals surface area contributed by atoms with Gasteiger partial charge in [-0.2, -0.15) is 0 Å². The minimum absolute atomic E-state index is 0.157. The van der Waals surface area contributed by atoms with Crippen molar-refractivity contribution in [3.8, 4) is 5.75 Å². The quantitative estimate of drug-likeness (QED) is 0.795. The van der Waals surface area contributed by atoms with Crippen LogP contribution in [-0.4, -0.2) is 14.8 Å². The Morgan fingerprint density at radius 1 is 1.38 bits per heavy atom. The molecule has 114 valence electrons. The first-order valence-corrected chi connectivity index (χ1v) is 7.78. The molecular weight excluding hydrogens is 282 g/mol. The molecule has 0 aliphatic heterocycles. The SMILES string of the molecule is CCC(C)CC(Oc1cccc(C)c1C)n1[nH]cnc1=S. The summed E-state index contributed by atoms with van der Waals surface area (Å²) in [5.74, 6) is 1.45. The van der Waals surface area contributed by atoms with Crippen molar-refractivity contribution in [2.24, 2.45) is 5.92 Å². The minimum Gasteiger partial charge on any atom is -0.468 e. The summed E-state index contributed by atoms with van der Waals surface area (Å²) in [5.41, 5.74) is 2.39. The van der Waals surface area contributed by atoms with Crippen LogP contribution < -0.4 is 4.74 Å². The van der Waals surface area contributed by atoms with Gasteiger partial charge in [-0.1, -0.05) is 32.4 Å². The molecule has 0 aliphatic rings. The van der Waals surface area contributed by atoms with Crippen LogP contribution in [0.5, 0.6) is 5.75 Å². The van der Waals surface area contributed by atoms with Crippen molar-refractivity contribution in [2.45, 2.75) is 46.8 Å². The summed E-state index contributed by atoms with van der Waals surface area (Å²) in [6.07, 6.45) is 3.45. The molecule has 5 heteroatoms. The minimum atomic E-state index is -0.157. The molecule has 21 heavy (non-hydrogen) atoms. The van der Waals surface area contributed by atoms with Crippen LogP contribution in [0.3, 0.4) is 0 Å². The van der Waals surface area contributed by atoms with Crippen LogP contribution in [0.4, 0.5) is 0 Å². The molecule has 1 aromatic carbocycles. The number of aryl methyl sites for hydroxylation is 1. The Morgan fingerprint density at radius 2 is 2.14 bits per heavy atom. The maximum Gasteiger partial charge on any atom is 0.219 e. The predicted octanol–water partition coefficient (Wildman–Crippen LogP) is 4.57. The molecule has 0 saturated heterocycles. The fraction of sp³-hybridized carbons (Fsp3) is 0.500. The highest BCUT2D eigenvalue weighted by Crippen LogP contribution is 2.28. The lowest BCUT2D eigenvalue weighted by atomic mass is 10.0. The number of H-pyrrole nitrogens is 1. The molecule has 0 radical (unpaired) electrons. The summed E-state index contributed by atoms with van der Waals surface area (Å²) < 4.78 is 8.59. The Kier molecular flexibility index (Phi) is 5.17. The number of benzene rings is 1. The van der Waals surface area contributed by atoms with Gasteiger partial charge >= 0.3 is 0 Å². The summed E-state index contributed by atoms with van der Waals surface area (Å²) in [6, 6.07) is 6.11. The molecule has 1 aromatic heterocycles. The fourth-order valence-electron chi connectivity index (χ4n) is 2.19. The van der Waals surface area contributed by atoms with Crippen LogP contribution in [0.1, 0.15) is 44.0 Å². The monoisotopic (exact) mass is 305 g/mol. The molecule has 2 atom stereocenters. The van der Waals surface area contributed by atoms with Crippen LogP contribution in [0.2, 0.25) is 0 Å². The third kappa shape index (κ3) is 3.73. The van der Waals surface area contributed by atoms with Gasteiger partial charge in [0, 0.05) is 6.42 Å². The number of rotatable bonds is 6. The van der Waals surface area contributed by atoms with Crippen molar-refractivity contribution in [3.63, 3.8) is 0 Å². The molecule has 0 fully saturated rings. The highest BCUT2D eigenvalue weighted by molar-refractivity contribution is 7.71. The van der Waals surface area contributed by atoms with E-state index in [1.165, 1.54) is 5.56 Å². The molecule has 0 amide bonds. The van der Waals surface area contributed by atoms with E-state index >= 15 is 0 Å². The normalized spacial score (nSPS) is 13.9. The summed E-state index contributed by atoms with van der Waals surface area (Å²) in [4.78, 5) is 4.09. The van der Waals surface area contributed by atoms with E-state index in [0.717, 1.165) is 24.2 Å². The number of hydrogen-bond acceptors (Lipinski definition) is 3. The number of aromatic nitrogens is 3. The van der Waals surface area contributed by atoms with Gasteiger partial charge in [0.15, 0.2) is 6.23 Å². The molecule has 1 N–H and O–H groups in total. The maximum atomic E-state index is 6.25. The van der Waals surface area contributed by atoms with E-state index in [1.54, 1.807) is 6.33 Å². The predicted molar refractivity (Wildman–Crippen MR) is 87.1 cm³/mol. The zero-order valence-corrected chi connectivity index (χ0v) is 13.9. The highest BCUT2D eigenvalue weighted by Gasteiger charge is 2.18. The van der Waals surface area contributed by atoms with Gasteiger partial charge in [0.25, 0.3) is 0 Å². The zero-order valence-electron chi connectivity index (χ0n) is 13.1. The van der Waals surface area contributed by atoms with Gasteiger partial charge in [-0.25, -0.2) is 9.67 Å². The van der Waals surface area contributed by atoms with Crippen LogP contribution in [-0.2, 0) is 0 Å². The van der Waals surface area contributed by atoms with E-state index < -0.39 is 0 Å². The van der Waals surface area contributed by atoms with Gasteiger partial charge in [-0.3, -0.25) is 5.10 Å². The van der Waals surface area contributed by atoms with Gasteiger partial charge in [0.1, 0.15) is 12.1 Å². The Hall–Kier alpha value is -1.62. The zero-order chi connectivity index (χ0) is 15.4. The Bertz CT molecular complexity index is 647. The number of nitrogens with one attached hydrogen (secondary N) is 1. The number of ether oxygens (including phenoxy) is 1. The Balaban J connectivity index is 2.30. The average molecular weight is 305 g/mol. The molecule has 2 rings (SSSR count). The molecule has 0 saturated carbocycles. The second-order valence-corrected chi connectivity index (χ2v) is 5.92. The number of aromatic amines is 1. The Labute approximate surface area is 131 Å². The average Bonchev–Trinajstić information content (AvgIpc) is 2.89. The Morgan fingerprint density at radius 3 is 2.76 bits per heavy atom. The van der Waals surface area contributed by atoms with E-state index in [0.29, 0.717) is 10.7 Å². The van der Waals surface area contributed by atoms with Gasteiger partial charge in [-0.05, 0) is 49.2 Å². The summed E-state index contributed by atoms with van der Waals surface area (Å²) in [6.45, 7) is 8.58. The number of hydrogen-bond donors (Lipinski definition) is 1.